The van der Waals surface area contributed by atoms with Crippen molar-refractivity contribution in [1.82, 2.24) is 0 Å². The van der Waals surface area contributed by atoms with Crippen LogP contribution in [0.4, 0.5) is 0 Å². The Labute approximate surface area is 61.3 Å². The molecule has 0 amide bonds. The second kappa shape index (κ2) is 4.62. The molecule has 0 aliphatic heterocycles. The first-order chi connectivity index (χ1) is 4.22. The SMILES string of the molecule is C=C/N=C(\SC)C(C)C. The second-order valence-corrected chi connectivity index (χ2v) is 2.84. The Kier molecular flexibility index (Phi) is 4.50. The largest absolute Gasteiger partial charge is 0.255 e. The Bertz CT molecular complexity index is 116. The molecule has 0 aromatic heterocycles. The maximum absolute atomic E-state index is 4.09. The van der Waals surface area contributed by atoms with E-state index in [0.717, 1.165) is 5.04 Å². The quantitative estimate of drug-likeness (QED) is 0.427. The highest BCUT2D eigenvalue weighted by Crippen LogP contribution is 2.08. The van der Waals surface area contributed by atoms with Crippen LogP contribution >= 0.6 is 11.8 Å². The number of nitrogens with zero attached hydrogens (tertiary/aromatic N) is 1. The summed E-state index contributed by atoms with van der Waals surface area (Å²) in [5.41, 5.74) is 0. The Morgan fingerprint density at radius 3 is 2.33 bits per heavy atom. The van der Waals surface area contributed by atoms with Crippen LogP contribution in [0.1, 0.15) is 13.8 Å². The summed E-state index contributed by atoms with van der Waals surface area (Å²) in [7, 11) is 0. The summed E-state index contributed by atoms with van der Waals surface area (Å²) in [5.74, 6) is 0.526. The van der Waals surface area contributed by atoms with Gasteiger partial charge in [0, 0.05) is 12.1 Å². The minimum Gasteiger partial charge on any atom is -0.255 e. The summed E-state index contributed by atoms with van der Waals surface area (Å²) in [5, 5.41) is 1.14. The third kappa shape index (κ3) is 3.36. The third-order valence-electron chi connectivity index (χ3n) is 0.922. The molecule has 0 atom stereocenters. The monoisotopic (exact) mass is 143 g/mol. The predicted octanol–water partition coefficient (Wildman–Crippen LogP) is 2.55. The van der Waals surface area contributed by atoms with Crippen molar-refractivity contribution < 1.29 is 0 Å². The lowest BCUT2D eigenvalue weighted by molar-refractivity contribution is 0.900. The topological polar surface area (TPSA) is 12.4 Å². The lowest BCUT2D eigenvalue weighted by atomic mass is 10.2. The summed E-state index contributed by atoms with van der Waals surface area (Å²) in [6, 6.07) is 0. The van der Waals surface area contributed by atoms with Crippen molar-refractivity contribution in [2.45, 2.75) is 13.8 Å². The van der Waals surface area contributed by atoms with Gasteiger partial charge in [-0.25, -0.2) is 0 Å². The number of hydrogen-bond donors (Lipinski definition) is 0. The van der Waals surface area contributed by atoms with Crippen LogP contribution < -0.4 is 0 Å². The Balaban J connectivity index is 3.96. The molecule has 0 spiro atoms. The fraction of sp³-hybridized carbons (Fsp3) is 0.571. The zero-order chi connectivity index (χ0) is 7.28. The highest BCUT2D eigenvalue weighted by molar-refractivity contribution is 8.13. The van der Waals surface area contributed by atoms with Crippen LogP contribution in [0.3, 0.4) is 0 Å². The standard InChI is InChI=1S/C7H13NS/c1-5-8-7(9-4)6(2)3/h5-6H,1H2,2-4H3/b8-7-. The molecule has 0 saturated carbocycles. The average molecular weight is 143 g/mol. The number of rotatable bonds is 2. The molecule has 0 unspecified atom stereocenters. The van der Waals surface area contributed by atoms with Crippen molar-refractivity contribution in [1.29, 1.82) is 0 Å². The van der Waals surface area contributed by atoms with Crippen LogP contribution in [-0.2, 0) is 0 Å². The van der Waals surface area contributed by atoms with Crippen molar-refractivity contribution in [3.63, 3.8) is 0 Å². The Morgan fingerprint density at radius 1 is 1.67 bits per heavy atom. The predicted molar refractivity (Wildman–Crippen MR) is 46.0 cm³/mol. The van der Waals surface area contributed by atoms with Crippen LogP contribution in [0.2, 0.25) is 0 Å². The van der Waals surface area contributed by atoms with Crippen molar-refractivity contribution in [3.05, 3.63) is 12.8 Å². The molecule has 0 N–H and O–H groups in total. The van der Waals surface area contributed by atoms with Crippen LogP contribution in [0.25, 0.3) is 0 Å². The molecule has 2 heteroatoms. The first-order valence-corrected chi connectivity index (χ1v) is 4.17. The maximum atomic E-state index is 4.09. The normalized spacial score (nSPS) is 12.2. The highest BCUT2D eigenvalue weighted by Gasteiger charge is 1.99. The molecule has 52 valence electrons. The molecule has 0 aromatic carbocycles. The number of thioether (sulfide) groups is 1. The minimum absolute atomic E-state index is 0.526. The fourth-order valence-electron chi connectivity index (χ4n) is 0.527. The number of hydrogen-bond acceptors (Lipinski definition) is 2. The van der Waals surface area contributed by atoms with E-state index in [1.807, 2.05) is 6.26 Å². The van der Waals surface area contributed by atoms with Gasteiger partial charge in [0.25, 0.3) is 0 Å². The van der Waals surface area contributed by atoms with E-state index in [1.165, 1.54) is 0 Å². The van der Waals surface area contributed by atoms with Crippen LogP contribution in [-0.4, -0.2) is 11.3 Å². The lowest BCUT2D eigenvalue weighted by Crippen LogP contribution is -2.00. The first-order valence-electron chi connectivity index (χ1n) is 2.95. The minimum atomic E-state index is 0.526. The van der Waals surface area contributed by atoms with Crippen molar-refractivity contribution in [2.75, 3.05) is 6.26 Å². The summed E-state index contributed by atoms with van der Waals surface area (Å²) in [6.45, 7) is 7.78. The maximum Gasteiger partial charge on any atom is 0.0753 e. The highest BCUT2D eigenvalue weighted by atomic mass is 32.2. The van der Waals surface area contributed by atoms with Crippen LogP contribution in [0, 0.1) is 5.92 Å². The van der Waals surface area contributed by atoms with Gasteiger partial charge in [-0.3, -0.25) is 4.99 Å². The van der Waals surface area contributed by atoms with Crippen molar-refractivity contribution in [2.24, 2.45) is 10.9 Å². The summed E-state index contributed by atoms with van der Waals surface area (Å²) in [6.07, 6.45) is 3.62. The summed E-state index contributed by atoms with van der Waals surface area (Å²) in [4.78, 5) is 4.09. The van der Waals surface area contributed by atoms with Crippen molar-refractivity contribution >= 4 is 16.8 Å². The molecule has 0 heterocycles. The van der Waals surface area contributed by atoms with E-state index in [-0.39, 0.29) is 0 Å². The lowest BCUT2D eigenvalue weighted by Gasteiger charge is -2.03. The summed E-state index contributed by atoms with van der Waals surface area (Å²) >= 11 is 1.68. The Hall–Kier alpha value is -0.240. The molecular weight excluding hydrogens is 130 g/mol. The van der Waals surface area contributed by atoms with Gasteiger partial charge in [0.15, 0.2) is 0 Å². The first kappa shape index (κ1) is 8.76. The van der Waals surface area contributed by atoms with E-state index in [4.69, 9.17) is 0 Å². The van der Waals surface area contributed by atoms with Gasteiger partial charge in [0.1, 0.15) is 0 Å². The smallest absolute Gasteiger partial charge is 0.0753 e. The molecule has 9 heavy (non-hydrogen) atoms. The third-order valence-corrected chi connectivity index (χ3v) is 1.92. The van der Waals surface area contributed by atoms with E-state index < -0.39 is 0 Å². The van der Waals surface area contributed by atoms with E-state index in [0.29, 0.717) is 5.92 Å². The van der Waals surface area contributed by atoms with Gasteiger partial charge in [-0.1, -0.05) is 20.4 Å². The molecule has 0 saturated heterocycles. The zero-order valence-corrected chi connectivity index (χ0v) is 7.03. The number of aliphatic imine (C=N–C) groups is 1. The van der Waals surface area contributed by atoms with Gasteiger partial charge in [0.05, 0.1) is 5.04 Å². The zero-order valence-electron chi connectivity index (χ0n) is 6.22. The van der Waals surface area contributed by atoms with Gasteiger partial charge in [-0.05, 0) is 6.26 Å². The van der Waals surface area contributed by atoms with Gasteiger partial charge in [0.2, 0.25) is 0 Å². The van der Waals surface area contributed by atoms with Crippen LogP contribution in [0.5, 0.6) is 0 Å². The van der Waals surface area contributed by atoms with E-state index in [1.54, 1.807) is 18.0 Å². The molecule has 0 aromatic rings. The molecule has 1 nitrogen and oxygen atoms in total. The molecule has 0 bridgehead atoms. The van der Waals surface area contributed by atoms with E-state index in [9.17, 15) is 0 Å². The second-order valence-electron chi connectivity index (χ2n) is 2.01. The molecule has 0 fully saturated rings. The van der Waals surface area contributed by atoms with Crippen molar-refractivity contribution in [3.8, 4) is 0 Å². The van der Waals surface area contributed by atoms with Gasteiger partial charge in [-0.2, -0.15) is 0 Å². The molecule has 0 rings (SSSR count). The molecule has 0 aliphatic rings. The molecule has 0 aliphatic carbocycles. The van der Waals surface area contributed by atoms with E-state index in [2.05, 4.69) is 25.4 Å². The fourth-order valence-corrected chi connectivity index (χ4v) is 1.18. The van der Waals surface area contributed by atoms with E-state index >= 15 is 0 Å². The van der Waals surface area contributed by atoms with Gasteiger partial charge < -0.3 is 0 Å². The molecule has 0 radical (unpaired) electrons. The van der Waals surface area contributed by atoms with Gasteiger partial charge >= 0.3 is 0 Å². The molecular formula is C7H13NS. The average Bonchev–Trinajstić information content (AvgIpc) is 1.82. The Morgan fingerprint density at radius 2 is 2.22 bits per heavy atom. The van der Waals surface area contributed by atoms with Gasteiger partial charge in [-0.15, -0.1) is 11.8 Å². The summed E-state index contributed by atoms with van der Waals surface area (Å²) < 4.78 is 0. The van der Waals surface area contributed by atoms with Crippen LogP contribution in [0.15, 0.2) is 17.8 Å².